The third-order valence-corrected chi connectivity index (χ3v) is 1.70. The van der Waals surface area contributed by atoms with Crippen LogP contribution in [0, 0.1) is 0 Å². The summed E-state index contributed by atoms with van der Waals surface area (Å²) in [6.07, 6.45) is 0. The quantitative estimate of drug-likeness (QED) is 0.462. The van der Waals surface area contributed by atoms with Crippen molar-refractivity contribution in [1.82, 2.24) is 10.6 Å². The average Bonchev–Trinajstić information content (AvgIpc) is 1.99. The summed E-state index contributed by atoms with van der Waals surface area (Å²) >= 11 is 1.15. The molecule has 0 rings (SSSR count). The first-order chi connectivity index (χ1) is 4.76. The van der Waals surface area contributed by atoms with E-state index in [4.69, 9.17) is 5.14 Å². The van der Waals surface area contributed by atoms with Gasteiger partial charge in [0.05, 0.1) is 6.04 Å². The predicted molar refractivity (Wildman–Crippen MR) is 43.6 cm³/mol. The minimum atomic E-state index is -0.181. The first-order valence-corrected chi connectivity index (χ1v) is 4.01. The molecular weight excluding hydrogens is 150 g/mol. The molecular formula is C5H13N3OS. The molecule has 0 aliphatic heterocycles. The maximum absolute atomic E-state index is 10.9. The summed E-state index contributed by atoms with van der Waals surface area (Å²) in [5.74, 6) is 0.566. The summed E-state index contributed by atoms with van der Waals surface area (Å²) in [6, 6.07) is -0.181. The van der Waals surface area contributed by atoms with E-state index in [1.165, 1.54) is 0 Å². The Labute approximate surface area is 65.1 Å². The van der Waals surface area contributed by atoms with Crippen LogP contribution in [0.4, 0.5) is 0 Å². The number of carbonyl (C=O) groups is 1. The van der Waals surface area contributed by atoms with Gasteiger partial charge in [-0.2, -0.15) is 0 Å². The lowest BCUT2D eigenvalue weighted by Gasteiger charge is -2.11. The fourth-order valence-corrected chi connectivity index (χ4v) is 1.07. The van der Waals surface area contributed by atoms with Crippen LogP contribution in [0.2, 0.25) is 0 Å². The topological polar surface area (TPSA) is 67.2 Å². The van der Waals surface area contributed by atoms with Gasteiger partial charge in [0.15, 0.2) is 0 Å². The summed E-state index contributed by atoms with van der Waals surface area (Å²) < 4.78 is 0. The molecule has 4 N–H and O–H groups in total. The van der Waals surface area contributed by atoms with Crippen LogP contribution in [0.1, 0.15) is 0 Å². The van der Waals surface area contributed by atoms with E-state index in [-0.39, 0.29) is 11.9 Å². The largest absolute Gasteiger partial charge is 0.358 e. The van der Waals surface area contributed by atoms with Gasteiger partial charge in [0.25, 0.3) is 0 Å². The molecule has 0 bridgehead atoms. The van der Waals surface area contributed by atoms with E-state index < -0.39 is 0 Å². The first-order valence-electron chi connectivity index (χ1n) is 2.96. The van der Waals surface area contributed by atoms with Crippen LogP contribution >= 0.6 is 11.9 Å². The van der Waals surface area contributed by atoms with E-state index in [0.717, 1.165) is 11.9 Å². The summed E-state index contributed by atoms with van der Waals surface area (Å²) in [4.78, 5) is 10.9. The lowest BCUT2D eigenvalue weighted by atomic mass is 10.3. The number of amides is 1. The van der Waals surface area contributed by atoms with E-state index in [1.54, 1.807) is 14.1 Å². The maximum atomic E-state index is 10.9. The molecule has 0 aromatic carbocycles. The molecule has 4 nitrogen and oxygen atoms in total. The Morgan fingerprint density at radius 3 is 2.60 bits per heavy atom. The normalized spacial score (nSPS) is 12.7. The number of nitrogens with one attached hydrogen (secondary N) is 2. The Balaban J connectivity index is 3.68. The van der Waals surface area contributed by atoms with Crippen molar-refractivity contribution in [3.63, 3.8) is 0 Å². The molecule has 0 radical (unpaired) electrons. The van der Waals surface area contributed by atoms with Crippen molar-refractivity contribution in [1.29, 1.82) is 0 Å². The van der Waals surface area contributed by atoms with Gasteiger partial charge in [-0.3, -0.25) is 9.93 Å². The van der Waals surface area contributed by atoms with Crippen LogP contribution < -0.4 is 15.8 Å². The van der Waals surface area contributed by atoms with Crippen molar-refractivity contribution in [2.24, 2.45) is 5.14 Å². The van der Waals surface area contributed by atoms with Gasteiger partial charge in [-0.1, -0.05) is 11.9 Å². The van der Waals surface area contributed by atoms with E-state index in [9.17, 15) is 4.79 Å². The lowest BCUT2D eigenvalue weighted by molar-refractivity contribution is -0.122. The van der Waals surface area contributed by atoms with E-state index in [0.29, 0.717) is 5.75 Å². The number of rotatable bonds is 4. The highest BCUT2D eigenvalue weighted by Gasteiger charge is 2.12. The van der Waals surface area contributed by atoms with Crippen LogP contribution in [0.5, 0.6) is 0 Å². The average molecular weight is 163 g/mol. The molecule has 10 heavy (non-hydrogen) atoms. The standard InChI is InChI=1S/C5H13N3OS/c1-7-4(3-10-6)5(9)8-2/h4,7H,3,6H2,1-2H3,(H,8,9)/t4-/m0/s1. The van der Waals surface area contributed by atoms with Gasteiger partial charge in [0, 0.05) is 12.8 Å². The highest BCUT2D eigenvalue weighted by atomic mass is 32.2. The van der Waals surface area contributed by atoms with Gasteiger partial charge in [-0.25, -0.2) is 0 Å². The molecule has 0 fully saturated rings. The smallest absolute Gasteiger partial charge is 0.237 e. The SMILES string of the molecule is CNC(=O)[C@H](CSN)NC. The van der Waals surface area contributed by atoms with Crippen LogP contribution in [0.25, 0.3) is 0 Å². The molecule has 0 aliphatic rings. The van der Waals surface area contributed by atoms with Crippen molar-refractivity contribution >= 4 is 17.9 Å². The summed E-state index contributed by atoms with van der Waals surface area (Å²) in [7, 11) is 3.34. The Bertz CT molecular complexity index is 109. The van der Waals surface area contributed by atoms with E-state index in [1.807, 2.05) is 0 Å². The fourth-order valence-electron chi connectivity index (χ4n) is 0.561. The summed E-state index contributed by atoms with van der Waals surface area (Å²) in [5, 5.41) is 10.6. The monoisotopic (exact) mass is 163 g/mol. The third-order valence-electron chi connectivity index (χ3n) is 1.17. The first kappa shape index (κ1) is 9.74. The van der Waals surface area contributed by atoms with E-state index >= 15 is 0 Å². The number of hydrogen-bond donors (Lipinski definition) is 3. The number of carbonyl (C=O) groups excluding carboxylic acids is 1. The molecule has 60 valence electrons. The molecule has 0 aromatic rings. The van der Waals surface area contributed by atoms with Crippen LogP contribution in [-0.4, -0.2) is 31.8 Å². The van der Waals surface area contributed by atoms with Gasteiger partial charge in [0.1, 0.15) is 0 Å². The zero-order valence-electron chi connectivity index (χ0n) is 6.18. The van der Waals surface area contributed by atoms with Gasteiger partial charge >= 0.3 is 0 Å². The molecule has 1 amide bonds. The van der Waals surface area contributed by atoms with Crippen LogP contribution in [-0.2, 0) is 4.79 Å². The number of nitrogens with two attached hydrogens (primary N) is 1. The molecule has 0 aliphatic carbocycles. The molecule has 0 saturated carbocycles. The molecule has 0 saturated heterocycles. The molecule has 5 heteroatoms. The second kappa shape index (κ2) is 5.52. The van der Waals surface area contributed by atoms with Gasteiger partial charge in [0.2, 0.25) is 5.91 Å². The Morgan fingerprint density at radius 2 is 2.30 bits per heavy atom. The Morgan fingerprint density at radius 1 is 1.70 bits per heavy atom. The predicted octanol–water partition coefficient (Wildman–Crippen LogP) is -1.07. The maximum Gasteiger partial charge on any atom is 0.237 e. The molecule has 1 atom stereocenters. The molecule has 0 aromatic heterocycles. The van der Waals surface area contributed by atoms with Crippen molar-refractivity contribution in [3.05, 3.63) is 0 Å². The van der Waals surface area contributed by atoms with Crippen molar-refractivity contribution in [3.8, 4) is 0 Å². The Kier molecular flexibility index (Phi) is 5.38. The third kappa shape index (κ3) is 3.05. The second-order valence-electron chi connectivity index (χ2n) is 1.79. The van der Waals surface area contributed by atoms with Crippen molar-refractivity contribution < 1.29 is 4.79 Å². The summed E-state index contributed by atoms with van der Waals surface area (Å²) in [5.41, 5.74) is 0. The minimum Gasteiger partial charge on any atom is -0.358 e. The highest BCUT2D eigenvalue weighted by molar-refractivity contribution is 7.97. The molecule has 0 spiro atoms. The molecule has 0 heterocycles. The minimum absolute atomic E-state index is 0.0274. The Hall–Kier alpha value is -0.260. The highest BCUT2D eigenvalue weighted by Crippen LogP contribution is 1.91. The zero-order valence-corrected chi connectivity index (χ0v) is 6.99. The van der Waals surface area contributed by atoms with Crippen molar-refractivity contribution in [2.75, 3.05) is 19.8 Å². The summed E-state index contributed by atoms with van der Waals surface area (Å²) in [6.45, 7) is 0. The van der Waals surface area contributed by atoms with Gasteiger partial charge in [-0.15, -0.1) is 0 Å². The van der Waals surface area contributed by atoms with Crippen molar-refractivity contribution in [2.45, 2.75) is 6.04 Å². The second-order valence-corrected chi connectivity index (χ2v) is 2.46. The fraction of sp³-hybridized carbons (Fsp3) is 0.800. The number of hydrogen-bond acceptors (Lipinski definition) is 4. The molecule has 0 unspecified atom stereocenters. The van der Waals surface area contributed by atoms with Crippen LogP contribution in [0.15, 0.2) is 0 Å². The zero-order chi connectivity index (χ0) is 7.98. The van der Waals surface area contributed by atoms with Gasteiger partial charge < -0.3 is 10.6 Å². The van der Waals surface area contributed by atoms with E-state index in [2.05, 4.69) is 10.6 Å². The lowest BCUT2D eigenvalue weighted by Crippen LogP contribution is -2.43. The van der Waals surface area contributed by atoms with Gasteiger partial charge in [-0.05, 0) is 7.05 Å². The van der Waals surface area contributed by atoms with Crippen LogP contribution in [0.3, 0.4) is 0 Å². The number of likely N-dealkylation sites (N-methyl/N-ethyl adjacent to an activating group) is 2.